The molecule has 0 spiro atoms. The highest BCUT2D eigenvalue weighted by Crippen LogP contribution is 2.42. The first-order chi connectivity index (χ1) is 37.7. The number of benzene rings is 6. The van der Waals surface area contributed by atoms with Gasteiger partial charge in [0.25, 0.3) is 42.6 Å². The number of ketones is 1. The molecular weight excluding hydrogens is 1110 g/mol. The zero-order valence-electron chi connectivity index (χ0n) is 44.8. The lowest BCUT2D eigenvalue weighted by atomic mass is 9.97. The summed E-state index contributed by atoms with van der Waals surface area (Å²) < 4.78 is 69.8. The van der Waals surface area contributed by atoms with Crippen molar-refractivity contribution in [1.82, 2.24) is 9.97 Å². The molecule has 2 heterocycles. The summed E-state index contributed by atoms with van der Waals surface area (Å²) in [5.41, 5.74) is 1.22. The van der Waals surface area contributed by atoms with Crippen molar-refractivity contribution in [3.63, 3.8) is 0 Å². The van der Waals surface area contributed by atoms with Crippen molar-refractivity contribution in [2.24, 2.45) is 0 Å². The maximum Gasteiger partial charge on any atom is 0.263 e. The molecule has 4 N–H and O–H groups in total. The molecule has 14 nitrogen and oxygen atoms in total. The second-order valence-electron chi connectivity index (χ2n) is 21.1. The summed E-state index contributed by atoms with van der Waals surface area (Å²) >= 11 is 2.39. The number of anilines is 3. The molecule has 1 unspecified atom stereocenters. The van der Waals surface area contributed by atoms with E-state index in [9.17, 15) is 31.5 Å². The monoisotopic (exact) mass is 1170 g/mol. The summed E-state index contributed by atoms with van der Waals surface area (Å²) in [6.07, 6.45) is 2.95. The highest BCUT2D eigenvalue weighted by Gasteiger charge is 2.54. The normalized spacial score (nSPS) is 15.6. The SMILES string of the molecule is CC(C)(C)[Si](O[C@@H]1CCC(c2ccc(S(=O)(=O)Nc3nccs3)cc2)C1=O)(c1ccccc1)c1ccccc1.CC(C)(C)[Si](O[C@H](CCO)C(=O)Nc1ccc(S(=O)(=O)Nc2nccs2)cc1)(c1ccccc1)c1ccccc1. The molecule has 0 saturated heterocycles. The third-order valence-corrected chi connectivity index (χ3v) is 28.3. The first-order valence-corrected chi connectivity index (χ1v) is 34.3. The van der Waals surface area contributed by atoms with Crippen molar-refractivity contribution >= 4 is 108 Å². The largest absolute Gasteiger partial charge is 0.397 e. The van der Waals surface area contributed by atoms with Gasteiger partial charge in [0.1, 0.15) is 12.2 Å². The summed E-state index contributed by atoms with van der Waals surface area (Å²) in [6, 6.07) is 53.0. The van der Waals surface area contributed by atoms with Crippen LogP contribution in [0.4, 0.5) is 16.0 Å². The van der Waals surface area contributed by atoms with Crippen LogP contribution in [0.15, 0.2) is 203 Å². The second kappa shape index (κ2) is 24.9. The third-order valence-electron chi connectivity index (χ3n) is 13.9. The Labute approximate surface area is 473 Å². The van der Waals surface area contributed by atoms with Gasteiger partial charge in [-0.15, -0.1) is 22.7 Å². The average Bonchev–Trinajstić information content (AvgIpc) is 4.30. The number of sulfonamides is 2. The fraction of sp³-hybridized carbons (Fsp3) is 0.254. The Morgan fingerprint density at radius 1 is 0.608 bits per heavy atom. The van der Waals surface area contributed by atoms with E-state index in [0.29, 0.717) is 23.7 Å². The number of rotatable bonds is 19. The predicted octanol–water partition coefficient (Wildman–Crippen LogP) is 9.55. The molecule has 6 aromatic carbocycles. The Morgan fingerprint density at radius 3 is 1.39 bits per heavy atom. The fourth-order valence-electron chi connectivity index (χ4n) is 10.2. The number of amides is 1. The Kier molecular flexibility index (Phi) is 18.5. The molecule has 412 valence electrons. The van der Waals surface area contributed by atoms with Gasteiger partial charge in [-0.1, -0.05) is 175 Å². The van der Waals surface area contributed by atoms with Crippen LogP contribution in [0.1, 0.15) is 72.3 Å². The molecule has 0 radical (unpaired) electrons. The van der Waals surface area contributed by atoms with Gasteiger partial charge in [0.2, 0.25) is 0 Å². The van der Waals surface area contributed by atoms with Gasteiger partial charge < -0.3 is 19.3 Å². The summed E-state index contributed by atoms with van der Waals surface area (Å²) in [7, 11) is -13.5. The van der Waals surface area contributed by atoms with Crippen molar-refractivity contribution in [3.8, 4) is 0 Å². The molecule has 2 aromatic heterocycles. The minimum Gasteiger partial charge on any atom is -0.397 e. The van der Waals surface area contributed by atoms with Crippen molar-refractivity contribution in [2.75, 3.05) is 21.4 Å². The van der Waals surface area contributed by atoms with Gasteiger partial charge in [-0.3, -0.25) is 19.0 Å². The topological polar surface area (TPSA) is 203 Å². The van der Waals surface area contributed by atoms with E-state index < -0.39 is 54.8 Å². The number of carbonyl (C=O) groups excluding carboxylic acids is 2. The van der Waals surface area contributed by atoms with Crippen LogP contribution in [0.2, 0.25) is 10.1 Å². The van der Waals surface area contributed by atoms with E-state index in [4.69, 9.17) is 8.85 Å². The standard InChI is InChI=1S/C30H32N2O4S2Si.C29H33N3O5S2Si/c1-30(2,3)39(24-10-6-4-7-11-24,25-12-8-5-9-13-25)36-27-19-18-26(28(27)33)22-14-16-23(17-15-22)38(34,35)32-29-31-20-21-37-29;1-29(2,3)40(24-10-6-4-7-11-24,25-12-8-5-9-13-25)37-26(18-20-33)27(34)31-22-14-16-23(17-15-22)39(35,36)32-28-30-19-21-38-28/h4-17,20-21,26-27H,18-19H2,1-3H3,(H,31,32);4-17,19,21,26,33H,18,20H2,1-3H3,(H,30,32)(H,31,34)/t26?,27-;26-/m11/s1. The van der Waals surface area contributed by atoms with Crippen LogP contribution in [-0.2, 0) is 38.5 Å². The molecule has 1 fully saturated rings. The molecule has 20 heteroatoms. The quantitative estimate of drug-likeness (QED) is 0.0562. The summed E-state index contributed by atoms with van der Waals surface area (Å²) in [4.78, 5) is 35.5. The van der Waals surface area contributed by atoms with Gasteiger partial charge in [0, 0.05) is 47.8 Å². The Morgan fingerprint density at radius 2 is 1.01 bits per heavy atom. The molecule has 9 rings (SSSR count). The molecule has 0 bridgehead atoms. The number of nitrogens with one attached hydrogen (secondary N) is 3. The lowest BCUT2D eigenvalue weighted by Crippen LogP contribution is -2.68. The van der Waals surface area contributed by atoms with Gasteiger partial charge >= 0.3 is 0 Å². The lowest BCUT2D eigenvalue weighted by molar-refractivity contribution is -0.125. The van der Waals surface area contributed by atoms with E-state index in [-0.39, 0.29) is 49.7 Å². The van der Waals surface area contributed by atoms with Crippen LogP contribution in [0.5, 0.6) is 0 Å². The minimum absolute atomic E-state index is 0.0381. The fourth-order valence-corrected chi connectivity index (χ4v) is 23.1. The van der Waals surface area contributed by atoms with Crippen molar-refractivity contribution < 1.29 is 40.4 Å². The number of aromatic nitrogens is 2. The molecule has 3 atom stereocenters. The van der Waals surface area contributed by atoms with E-state index in [2.05, 4.69) is 90.5 Å². The molecule has 1 amide bonds. The minimum atomic E-state index is -3.82. The van der Waals surface area contributed by atoms with E-state index in [1.165, 1.54) is 53.1 Å². The Hall–Kier alpha value is -6.47. The van der Waals surface area contributed by atoms with Crippen molar-refractivity contribution in [3.05, 3.63) is 199 Å². The molecule has 79 heavy (non-hydrogen) atoms. The van der Waals surface area contributed by atoms with E-state index >= 15 is 0 Å². The van der Waals surface area contributed by atoms with Crippen LogP contribution in [0.25, 0.3) is 0 Å². The Bertz CT molecular complexity index is 3400. The van der Waals surface area contributed by atoms with Crippen LogP contribution < -0.4 is 35.5 Å². The van der Waals surface area contributed by atoms with Gasteiger partial charge in [0.15, 0.2) is 16.0 Å². The van der Waals surface area contributed by atoms with Gasteiger partial charge in [0.05, 0.1) is 9.79 Å². The van der Waals surface area contributed by atoms with Crippen molar-refractivity contribution in [2.45, 2.75) is 98.8 Å². The number of nitrogens with zero attached hydrogens (tertiary/aromatic N) is 2. The molecule has 1 aliphatic carbocycles. The lowest BCUT2D eigenvalue weighted by Gasteiger charge is -2.44. The van der Waals surface area contributed by atoms with Gasteiger partial charge in [-0.2, -0.15) is 0 Å². The van der Waals surface area contributed by atoms with E-state index in [1.807, 2.05) is 97.1 Å². The smallest absolute Gasteiger partial charge is 0.263 e. The van der Waals surface area contributed by atoms with Gasteiger partial charge in [-0.25, -0.2) is 26.8 Å². The number of carbonyl (C=O) groups is 2. The number of thiazole rings is 2. The van der Waals surface area contributed by atoms with Gasteiger partial charge in [-0.05, 0) is 85.6 Å². The number of aliphatic hydroxyl groups excluding tert-OH is 1. The first-order valence-electron chi connectivity index (χ1n) is 25.8. The number of aliphatic hydroxyl groups is 1. The van der Waals surface area contributed by atoms with E-state index in [0.717, 1.165) is 26.3 Å². The summed E-state index contributed by atoms with van der Waals surface area (Å²) in [5.74, 6) is -0.699. The second-order valence-corrected chi connectivity index (χ2v) is 34.7. The van der Waals surface area contributed by atoms with Crippen molar-refractivity contribution in [1.29, 1.82) is 0 Å². The number of Topliss-reactive ketones (excluding diaryl/α,β-unsaturated/α-hetero) is 1. The molecule has 1 aliphatic rings. The van der Waals surface area contributed by atoms with Crippen LogP contribution in [0.3, 0.4) is 0 Å². The highest BCUT2D eigenvalue weighted by molar-refractivity contribution is 7.93. The zero-order chi connectivity index (χ0) is 56.5. The molecular formula is C59H65N5O9S4Si2. The first kappa shape index (κ1) is 58.7. The van der Waals surface area contributed by atoms with E-state index in [1.54, 1.807) is 41.2 Å². The Balaban J connectivity index is 0.000000208. The maximum absolute atomic E-state index is 13.8. The third kappa shape index (κ3) is 13.3. The maximum atomic E-state index is 13.8. The number of hydrogen-bond donors (Lipinski definition) is 4. The summed E-state index contributed by atoms with van der Waals surface area (Å²) in [6.45, 7) is 12.7. The molecule has 1 saturated carbocycles. The molecule has 0 aliphatic heterocycles. The molecule has 8 aromatic rings. The highest BCUT2D eigenvalue weighted by atomic mass is 32.2. The van der Waals surface area contributed by atoms with Crippen LogP contribution in [-0.4, -0.2) is 79.1 Å². The van der Waals surface area contributed by atoms with Crippen LogP contribution >= 0.6 is 22.7 Å². The summed E-state index contributed by atoms with van der Waals surface area (Å²) in [5, 5.41) is 20.5. The number of hydrogen-bond acceptors (Lipinski definition) is 13. The average molecular weight is 1170 g/mol. The van der Waals surface area contributed by atoms with Crippen LogP contribution in [0, 0.1) is 0 Å². The zero-order valence-corrected chi connectivity index (χ0v) is 50.0. The predicted molar refractivity (Wildman–Crippen MR) is 321 cm³/mol.